The minimum absolute atomic E-state index is 0.103. The molecule has 0 aromatic heterocycles. The van der Waals surface area contributed by atoms with Crippen molar-refractivity contribution in [3.63, 3.8) is 0 Å². The molecule has 1 amide bonds. The Morgan fingerprint density at radius 2 is 1.27 bits per heavy atom. The number of nitrogens with zero attached hydrogens (tertiary/aromatic N) is 1. The second kappa shape index (κ2) is 15.2. The average Bonchev–Trinajstić information content (AvgIpc) is 3.11. The molecule has 5 rings (SSSR count). The lowest BCUT2D eigenvalue weighted by Gasteiger charge is -2.23. The van der Waals surface area contributed by atoms with Gasteiger partial charge >= 0.3 is 5.97 Å². The number of ether oxygens (including phenoxy) is 2. The van der Waals surface area contributed by atoms with Gasteiger partial charge in [0.15, 0.2) is 5.78 Å². The molecule has 0 aliphatic carbocycles. The Labute approximate surface area is 263 Å². The minimum Gasteiger partial charge on any atom is -0.492 e. The zero-order valence-corrected chi connectivity index (χ0v) is 25.0. The van der Waals surface area contributed by atoms with Gasteiger partial charge in [0.05, 0.1) is 13.7 Å². The first-order chi connectivity index (χ1) is 22.0. The number of rotatable bonds is 13. The molecule has 7 nitrogen and oxygen atoms in total. The van der Waals surface area contributed by atoms with Crippen LogP contribution in [0, 0.1) is 0 Å². The largest absolute Gasteiger partial charge is 0.492 e. The van der Waals surface area contributed by atoms with Gasteiger partial charge in [-0.15, -0.1) is 0 Å². The van der Waals surface area contributed by atoms with E-state index in [1.807, 2.05) is 97.1 Å². The summed E-state index contributed by atoms with van der Waals surface area (Å²) < 4.78 is 11.1. The van der Waals surface area contributed by atoms with E-state index in [4.69, 9.17) is 9.47 Å². The molecule has 7 heteroatoms. The summed E-state index contributed by atoms with van der Waals surface area (Å²) in [5.41, 5.74) is 3.85. The Hall–Kier alpha value is -5.69. The van der Waals surface area contributed by atoms with Crippen molar-refractivity contribution >= 4 is 29.0 Å². The Morgan fingerprint density at radius 3 is 1.91 bits per heavy atom. The molecule has 0 aliphatic heterocycles. The van der Waals surface area contributed by atoms with Crippen molar-refractivity contribution in [3.8, 4) is 5.75 Å². The van der Waals surface area contributed by atoms with E-state index in [1.54, 1.807) is 47.4 Å². The molecule has 0 aliphatic rings. The first-order valence-corrected chi connectivity index (χ1v) is 14.7. The van der Waals surface area contributed by atoms with Crippen molar-refractivity contribution < 1.29 is 23.9 Å². The van der Waals surface area contributed by atoms with Gasteiger partial charge in [0, 0.05) is 34.5 Å². The topological polar surface area (TPSA) is 84.9 Å². The predicted octanol–water partition coefficient (Wildman–Crippen LogP) is 6.84. The second-order valence-corrected chi connectivity index (χ2v) is 10.3. The fourth-order valence-corrected chi connectivity index (χ4v) is 4.98. The summed E-state index contributed by atoms with van der Waals surface area (Å²) in [7, 11) is 1.34. The molecule has 0 fully saturated rings. The normalized spacial score (nSPS) is 11.2. The highest BCUT2D eigenvalue weighted by molar-refractivity contribution is 6.12. The monoisotopic (exact) mass is 598 g/mol. The second-order valence-electron chi connectivity index (χ2n) is 10.3. The summed E-state index contributed by atoms with van der Waals surface area (Å²) in [4.78, 5) is 41.0. The van der Waals surface area contributed by atoms with Gasteiger partial charge in [-0.1, -0.05) is 91.0 Å². The number of carbonyl (C=O) groups excluding carboxylic acids is 3. The third kappa shape index (κ3) is 8.03. The number of amides is 1. The van der Waals surface area contributed by atoms with Gasteiger partial charge in [-0.2, -0.15) is 0 Å². The van der Waals surface area contributed by atoms with Gasteiger partial charge in [-0.05, 0) is 54.1 Å². The van der Waals surface area contributed by atoms with Crippen LogP contribution in [0.1, 0.15) is 31.8 Å². The number of anilines is 2. The predicted molar refractivity (Wildman–Crippen MR) is 176 cm³/mol. The fraction of sp³-hybridized carbons (Fsp3) is 0.132. The maximum Gasteiger partial charge on any atom is 0.328 e. The van der Waals surface area contributed by atoms with Gasteiger partial charge in [-0.3, -0.25) is 9.59 Å². The Bertz CT molecular complexity index is 1710. The average molecular weight is 599 g/mol. The number of carbonyl (C=O) groups is 3. The van der Waals surface area contributed by atoms with Crippen LogP contribution in [0.2, 0.25) is 0 Å². The van der Waals surface area contributed by atoms with Crippen LogP contribution in [-0.4, -0.2) is 44.0 Å². The highest BCUT2D eigenvalue weighted by atomic mass is 16.5. The lowest BCUT2D eigenvalue weighted by Crippen LogP contribution is -2.34. The fourth-order valence-electron chi connectivity index (χ4n) is 4.98. The van der Waals surface area contributed by atoms with E-state index in [9.17, 15) is 14.4 Å². The minimum atomic E-state index is -0.727. The van der Waals surface area contributed by atoms with Crippen LogP contribution in [0.25, 0.3) is 0 Å². The van der Waals surface area contributed by atoms with E-state index in [-0.39, 0.29) is 18.3 Å². The molecular weight excluding hydrogens is 564 g/mol. The van der Waals surface area contributed by atoms with Gasteiger partial charge in [-0.25, -0.2) is 4.79 Å². The van der Waals surface area contributed by atoms with Crippen LogP contribution in [0.3, 0.4) is 0 Å². The Balaban J connectivity index is 1.24. The summed E-state index contributed by atoms with van der Waals surface area (Å²) >= 11 is 0. The molecule has 0 spiro atoms. The van der Waals surface area contributed by atoms with Crippen LogP contribution in [0.4, 0.5) is 11.4 Å². The third-order valence-corrected chi connectivity index (χ3v) is 7.30. The van der Waals surface area contributed by atoms with Gasteiger partial charge in [0.2, 0.25) is 0 Å². The van der Waals surface area contributed by atoms with Gasteiger partial charge < -0.3 is 19.7 Å². The molecule has 226 valence electrons. The molecular formula is C38H34N2O5. The molecule has 1 atom stereocenters. The number of para-hydroxylation sites is 2. The molecule has 45 heavy (non-hydrogen) atoms. The number of benzene rings is 5. The van der Waals surface area contributed by atoms with E-state index in [0.717, 1.165) is 11.3 Å². The Kier molecular flexibility index (Phi) is 10.4. The zero-order chi connectivity index (χ0) is 31.4. The molecule has 5 aromatic carbocycles. The first-order valence-electron chi connectivity index (χ1n) is 14.7. The highest BCUT2D eigenvalue weighted by Crippen LogP contribution is 2.23. The lowest BCUT2D eigenvalue weighted by molar-refractivity contribution is -0.141. The maximum absolute atomic E-state index is 13.3. The summed E-state index contributed by atoms with van der Waals surface area (Å²) in [6.45, 7) is 0.639. The summed E-state index contributed by atoms with van der Waals surface area (Å²) in [5.74, 6) is -0.0454. The van der Waals surface area contributed by atoms with Crippen molar-refractivity contribution in [1.82, 2.24) is 0 Å². The van der Waals surface area contributed by atoms with E-state index < -0.39 is 12.0 Å². The number of hydrogen-bond donors (Lipinski definition) is 1. The van der Waals surface area contributed by atoms with Crippen molar-refractivity contribution in [2.75, 3.05) is 30.5 Å². The zero-order valence-electron chi connectivity index (χ0n) is 25.0. The van der Waals surface area contributed by atoms with Gasteiger partial charge in [0.25, 0.3) is 5.91 Å². The van der Waals surface area contributed by atoms with Crippen LogP contribution >= 0.6 is 0 Å². The van der Waals surface area contributed by atoms with Crippen molar-refractivity contribution in [3.05, 3.63) is 162 Å². The van der Waals surface area contributed by atoms with Crippen LogP contribution < -0.4 is 15.0 Å². The molecule has 0 radical (unpaired) electrons. The van der Waals surface area contributed by atoms with E-state index in [0.29, 0.717) is 41.1 Å². The van der Waals surface area contributed by atoms with Crippen molar-refractivity contribution in [1.29, 1.82) is 0 Å². The van der Waals surface area contributed by atoms with Crippen molar-refractivity contribution in [2.24, 2.45) is 0 Å². The Morgan fingerprint density at radius 1 is 0.689 bits per heavy atom. The number of esters is 1. The van der Waals surface area contributed by atoms with E-state index in [1.165, 1.54) is 7.11 Å². The van der Waals surface area contributed by atoms with E-state index >= 15 is 0 Å². The maximum atomic E-state index is 13.3. The molecule has 0 unspecified atom stereocenters. The van der Waals surface area contributed by atoms with Crippen LogP contribution in [0.15, 0.2) is 140 Å². The standard InChI is InChI=1S/C38H34N2O5/c1-44-38(43)35(39-34-20-12-11-19-33(34)36(41)29-13-5-2-6-14-29)27-28-21-23-32(24-22-28)45-26-25-40(31-17-9-4-10-18-31)37(42)30-15-7-3-8-16-30/h2-24,35,39H,25-27H2,1H3/t35-/m0/s1. The number of methoxy groups -OCH3 is 1. The number of ketones is 1. The third-order valence-electron chi connectivity index (χ3n) is 7.30. The highest BCUT2D eigenvalue weighted by Gasteiger charge is 2.23. The quantitative estimate of drug-likeness (QED) is 0.118. The van der Waals surface area contributed by atoms with Crippen molar-refractivity contribution in [2.45, 2.75) is 12.5 Å². The van der Waals surface area contributed by atoms with Crippen LogP contribution in [-0.2, 0) is 16.0 Å². The molecule has 0 heterocycles. The molecule has 0 saturated heterocycles. The lowest BCUT2D eigenvalue weighted by atomic mass is 10.00. The summed E-state index contributed by atoms with van der Waals surface area (Å²) in [6.07, 6.45) is 0.328. The van der Waals surface area contributed by atoms with E-state index in [2.05, 4.69) is 5.32 Å². The SMILES string of the molecule is COC(=O)[C@H](Cc1ccc(OCCN(C(=O)c2ccccc2)c2ccccc2)cc1)Nc1ccccc1C(=O)c1ccccc1. The van der Waals surface area contributed by atoms with Crippen LogP contribution in [0.5, 0.6) is 5.75 Å². The molecule has 1 N–H and O–H groups in total. The molecule has 0 saturated carbocycles. The first kappa shape index (κ1) is 30.8. The number of hydrogen-bond acceptors (Lipinski definition) is 6. The molecule has 5 aromatic rings. The number of nitrogens with one attached hydrogen (secondary N) is 1. The smallest absolute Gasteiger partial charge is 0.328 e. The summed E-state index contributed by atoms with van der Waals surface area (Å²) in [6, 6.07) is 41.6. The van der Waals surface area contributed by atoms with Gasteiger partial charge in [0.1, 0.15) is 18.4 Å². The molecule has 0 bridgehead atoms. The summed E-state index contributed by atoms with van der Waals surface area (Å²) in [5, 5.41) is 3.23.